The summed E-state index contributed by atoms with van der Waals surface area (Å²) >= 11 is 6.41. The summed E-state index contributed by atoms with van der Waals surface area (Å²) in [7, 11) is 0. The van der Waals surface area contributed by atoms with Crippen molar-refractivity contribution in [2.24, 2.45) is 4.99 Å². The number of aliphatic imine (C=N–C) groups is 1. The smallest absolute Gasteiger partial charge is 0.266 e. The minimum atomic E-state index is -0.167. The van der Waals surface area contributed by atoms with Crippen LogP contribution in [0.5, 0.6) is 0 Å². The number of amidine groups is 1. The van der Waals surface area contributed by atoms with Crippen molar-refractivity contribution in [1.29, 1.82) is 0 Å². The maximum Gasteiger partial charge on any atom is 0.282 e. The first kappa shape index (κ1) is 17.3. The van der Waals surface area contributed by atoms with Gasteiger partial charge in [-0.1, -0.05) is 66.2 Å². The third-order valence-electron chi connectivity index (χ3n) is 4.34. The molecule has 3 nitrogen and oxygen atoms in total. The van der Waals surface area contributed by atoms with E-state index in [-0.39, 0.29) is 5.91 Å². The molecule has 3 aromatic rings. The van der Waals surface area contributed by atoms with Gasteiger partial charge in [-0.25, -0.2) is 4.99 Å². The summed E-state index contributed by atoms with van der Waals surface area (Å²) in [6.45, 7) is 2.00. The SMILES string of the molecule is Cc1cccc(N2C(=O)/C(=C\c3ccccc3)N=C2c2ccccc2Cl)c1. The molecule has 132 valence electrons. The predicted octanol–water partition coefficient (Wildman–Crippen LogP) is 5.48. The third kappa shape index (κ3) is 3.42. The monoisotopic (exact) mass is 372 g/mol. The fourth-order valence-corrected chi connectivity index (χ4v) is 3.27. The highest BCUT2D eigenvalue weighted by atomic mass is 35.5. The molecule has 1 aliphatic rings. The van der Waals surface area contributed by atoms with Crippen molar-refractivity contribution >= 4 is 35.1 Å². The van der Waals surface area contributed by atoms with Crippen molar-refractivity contribution in [2.45, 2.75) is 6.92 Å². The Morgan fingerprint density at radius 1 is 0.926 bits per heavy atom. The van der Waals surface area contributed by atoms with Gasteiger partial charge in [-0.2, -0.15) is 0 Å². The first-order valence-electron chi connectivity index (χ1n) is 8.65. The summed E-state index contributed by atoms with van der Waals surface area (Å²) in [5.41, 5.74) is 3.88. The quantitative estimate of drug-likeness (QED) is 0.560. The van der Waals surface area contributed by atoms with E-state index in [1.165, 1.54) is 0 Å². The highest BCUT2D eigenvalue weighted by molar-refractivity contribution is 6.39. The maximum atomic E-state index is 13.2. The maximum absolute atomic E-state index is 13.2. The van der Waals surface area contributed by atoms with E-state index in [1.54, 1.807) is 17.0 Å². The Balaban J connectivity index is 1.87. The van der Waals surface area contributed by atoms with Crippen LogP contribution in [0, 0.1) is 6.92 Å². The average Bonchev–Trinajstić information content (AvgIpc) is 2.99. The number of carbonyl (C=O) groups excluding carboxylic acids is 1. The van der Waals surface area contributed by atoms with Gasteiger partial charge in [-0.3, -0.25) is 9.69 Å². The van der Waals surface area contributed by atoms with Gasteiger partial charge in [0.15, 0.2) is 0 Å². The largest absolute Gasteiger partial charge is 0.282 e. The van der Waals surface area contributed by atoms with E-state index in [2.05, 4.69) is 4.99 Å². The molecule has 0 radical (unpaired) electrons. The molecule has 0 unspecified atom stereocenters. The van der Waals surface area contributed by atoms with Gasteiger partial charge in [0.25, 0.3) is 5.91 Å². The molecule has 4 heteroatoms. The van der Waals surface area contributed by atoms with Crippen molar-refractivity contribution in [1.82, 2.24) is 0 Å². The van der Waals surface area contributed by atoms with E-state index >= 15 is 0 Å². The highest BCUT2D eigenvalue weighted by Crippen LogP contribution is 2.30. The van der Waals surface area contributed by atoms with Gasteiger partial charge >= 0.3 is 0 Å². The van der Waals surface area contributed by atoms with E-state index in [1.807, 2.05) is 79.7 Å². The molecule has 27 heavy (non-hydrogen) atoms. The average molecular weight is 373 g/mol. The van der Waals surface area contributed by atoms with E-state index in [9.17, 15) is 4.79 Å². The lowest BCUT2D eigenvalue weighted by Crippen LogP contribution is -2.32. The van der Waals surface area contributed by atoms with Crippen molar-refractivity contribution in [3.8, 4) is 0 Å². The number of hydrogen-bond acceptors (Lipinski definition) is 2. The number of amides is 1. The molecular formula is C23H17ClN2O. The number of rotatable bonds is 3. The van der Waals surface area contributed by atoms with Gasteiger partial charge in [-0.15, -0.1) is 0 Å². The second-order valence-electron chi connectivity index (χ2n) is 6.34. The summed E-state index contributed by atoms with van der Waals surface area (Å²) in [4.78, 5) is 19.5. The number of aryl methyl sites for hydroxylation is 1. The molecule has 0 aliphatic carbocycles. The van der Waals surface area contributed by atoms with Crippen LogP contribution in [0.25, 0.3) is 6.08 Å². The second-order valence-corrected chi connectivity index (χ2v) is 6.74. The van der Waals surface area contributed by atoms with E-state index in [0.717, 1.165) is 22.4 Å². The zero-order valence-electron chi connectivity index (χ0n) is 14.8. The van der Waals surface area contributed by atoms with Gasteiger partial charge < -0.3 is 0 Å². The zero-order chi connectivity index (χ0) is 18.8. The van der Waals surface area contributed by atoms with Crippen LogP contribution in [-0.4, -0.2) is 11.7 Å². The minimum Gasteiger partial charge on any atom is -0.266 e. The molecule has 3 aromatic carbocycles. The fraction of sp³-hybridized carbons (Fsp3) is 0.0435. The molecule has 1 aliphatic heterocycles. The van der Waals surface area contributed by atoms with Crippen LogP contribution >= 0.6 is 11.6 Å². The Morgan fingerprint density at radius 3 is 2.41 bits per heavy atom. The molecule has 0 saturated heterocycles. The van der Waals surface area contributed by atoms with Gasteiger partial charge in [-0.05, 0) is 48.4 Å². The number of hydrogen-bond donors (Lipinski definition) is 0. The number of benzene rings is 3. The molecule has 0 saturated carbocycles. The van der Waals surface area contributed by atoms with E-state index in [4.69, 9.17) is 11.6 Å². The van der Waals surface area contributed by atoms with Crippen molar-refractivity contribution in [3.05, 3.63) is 106 Å². The summed E-state index contributed by atoms with van der Waals surface area (Å²) in [5, 5.41) is 0.558. The van der Waals surface area contributed by atoms with Crippen LogP contribution in [0.4, 0.5) is 5.69 Å². The Bertz CT molecular complexity index is 1070. The van der Waals surface area contributed by atoms with Crippen LogP contribution in [0.2, 0.25) is 5.02 Å². The topological polar surface area (TPSA) is 32.7 Å². The molecule has 0 atom stereocenters. The van der Waals surface area contributed by atoms with Crippen molar-refractivity contribution in [3.63, 3.8) is 0 Å². The summed E-state index contributed by atoms with van der Waals surface area (Å²) < 4.78 is 0. The Hall–Kier alpha value is -3.17. The van der Waals surface area contributed by atoms with Crippen LogP contribution in [-0.2, 0) is 4.79 Å². The molecule has 0 fully saturated rings. The first-order valence-corrected chi connectivity index (χ1v) is 9.03. The number of nitrogens with zero attached hydrogens (tertiary/aromatic N) is 2. The second kappa shape index (κ2) is 7.22. The number of anilines is 1. The first-order chi connectivity index (χ1) is 13.1. The summed E-state index contributed by atoms with van der Waals surface area (Å²) in [5.74, 6) is 0.373. The molecule has 0 aromatic heterocycles. The Kier molecular flexibility index (Phi) is 4.61. The van der Waals surface area contributed by atoms with E-state index < -0.39 is 0 Å². The van der Waals surface area contributed by atoms with Crippen molar-refractivity contribution in [2.75, 3.05) is 4.90 Å². The summed E-state index contributed by atoms with van der Waals surface area (Å²) in [6.07, 6.45) is 1.80. The Labute approximate surface area is 163 Å². The molecule has 1 heterocycles. The van der Waals surface area contributed by atoms with Gasteiger partial charge in [0.1, 0.15) is 11.5 Å². The zero-order valence-corrected chi connectivity index (χ0v) is 15.5. The summed E-state index contributed by atoms with van der Waals surface area (Å²) in [6, 6.07) is 24.9. The van der Waals surface area contributed by atoms with Crippen molar-refractivity contribution < 1.29 is 4.79 Å². The molecule has 4 rings (SSSR count). The molecule has 0 bridgehead atoms. The lowest BCUT2D eigenvalue weighted by atomic mass is 10.1. The predicted molar refractivity (Wildman–Crippen MR) is 111 cm³/mol. The third-order valence-corrected chi connectivity index (χ3v) is 4.67. The van der Waals surface area contributed by atoms with Crippen LogP contribution < -0.4 is 4.90 Å². The standard InChI is InChI=1S/C23H17ClN2O/c1-16-8-7-11-18(14-16)26-22(19-12-5-6-13-20(19)24)25-21(23(26)27)15-17-9-3-2-4-10-17/h2-15H,1H3/b21-15+. The number of carbonyl (C=O) groups is 1. The molecule has 1 amide bonds. The lowest BCUT2D eigenvalue weighted by molar-refractivity contribution is -0.113. The van der Waals surface area contributed by atoms with Crippen LogP contribution in [0.15, 0.2) is 89.6 Å². The van der Waals surface area contributed by atoms with E-state index in [0.29, 0.717) is 16.6 Å². The fourth-order valence-electron chi connectivity index (χ4n) is 3.05. The van der Waals surface area contributed by atoms with Gasteiger partial charge in [0.05, 0.1) is 10.7 Å². The molecular weight excluding hydrogens is 356 g/mol. The normalized spacial score (nSPS) is 15.3. The van der Waals surface area contributed by atoms with Crippen LogP contribution in [0.3, 0.4) is 0 Å². The highest BCUT2D eigenvalue weighted by Gasteiger charge is 2.33. The minimum absolute atomic E-state index is 0.167. The number of halogens is 1. The van der Waals surface area contributed by atoms with Gasteiger partial charge in [0.2, 0.25) is 0 Å². The molecule has 0 N–H and O–H groups in total. The van der Waals surface area contributed by atoms with Crippen LogP contribution in [0.1, 0.15) is 16.7 Å². The van der Waals surface area contributed by atoms with Gasteiger partial charge in [0, 0.05) is 5.56 Å². The molecule has 0 spiro atoms. The Morgan fingerprint density at radius 2 is 1.67 bits per heavy atom. The lowest BCUT2D eigenvalue weighted by Gasteiger charge is -2.19.